The summed E-state index contributed by atoms with van der Waals surface area (Å²) in [5, 5.41) is 18.8. The smallest absolute Gasteiger partial charge is 0.211 e. The molecule has 0 aliphatic heterocycles. The molecule has 0 heterocycles. The van der Waals surface area contributed by atoms with Gasteiger partial charge < -0.3 is 17.2 Å². The summed E-state index contributed by atoms with van der Waals surface area (Å²) in [6.45, 7) is 4.22. The van der Waals surface area contributed by atoms with Crippen LogP contribution in [0.15, 0.2) is 15.3 Å². The topological polar surface area (TPSA) is 151 Å². The Bertz CT molecular complexity index is 414. The zero-order valence-electron chi connectivity index (χ0n) is 10.7. The first-order chi connectivity index (χ1) is 8.28. The van der Waals surface area contributed by atoms with Crippen LogP contribution in [0.3, 0.4) is 0 Å². The fourth-order valence-electron chi connectivity index (χ4n) is 1.95. The predicted molar refractivity (Wildman–Crippen MR) is 73.4 cm³/mol. The molecule has 0 saturated heterocycles. The van der Waals surface area contributed by atoms with Crippen molar-refractivity contribution in [2.45, 2.75) is 33.1 Å². The Kier molecular flexibility index (Phi) is 4.24. The van der Waals surface area contributed by atoms with Gasteiger partial charge in [-0.05, 0) is 18.3 Å². The minimum absolute atomic E-state index is 0.0350. The van der Waals surface area contributed by atoms with Gasteiger partial charge in [0.25, 0.3) is 0 Å². The molecule has 1 fully saturated rings. The SMILES string of the molecule is CC1(C)C/C(=N/NC(=N)N)C/C(=N/N=C(N)N)C1. The summed E-state index contributed by atoms with van der Waals surface area (Å²) in [5.41, 5.74) is 19.9. The third-order valence-corrected chi connectivity index (χ3v) is 2.41. The second-order valence-electron chi connectivity index (χ2n) is 5.09. The minimum atomic E-state index is -0.186. The predicted octanol–water partition coefficient (Wildman–Crippen LogP) is -0.335. The number of hydrogen-bond acceptors (Lipinski definition) is 4. The molecule has 1 rings (SSSR count). The highest BCUT2D eigenvalue weighted by Crippen LogP contribution is 2.32. The Morgan fingerprint density at radius 3 is 2.39 bits per heavy atom. The van der Waals surface area contributed by atoms with E-state index in [4.69, 9.17) is 22.6 Å². The fraction of sp³-hybridized carbons (Fsp3) is 0.600. The maximum Gasteiger partial charge on any atom is 0.211 e. The van der Waals surface area contributed by atoms with E-state index < -0.39 is 0 Å². The van der Waals surface area contributed by atoms with Crippen LogP contribution in [0.25, 0.3) is 0 Å². The number of nitrogens with two attached hydrogens (primary N) is 3. The van der Waals surface area contributed by atoms with Crippen molar-refractivity contribution < 1.29 is 0 Å². The lowest BCUT2D eigenvalue weighted by molar-refractivity contribution is 0.388. The number of rotatable bonds is 2. The Morgan fingerprint density at radius 1 is 1.22 bits per heavy atom. The maximum atomic E-state index is 7.07. The monoisotopic (exact) mass is 252 g/mol. The zero-order chi connectivity index (χ0) is 13.8. The molecule has 8 heteroatoms. The summed E-state index contributed by atoms with van der Waals surface area (Å²) in [6.07, 6.45) is 2.21. The van der Waals surface area contributed by atoms with Gasteiger partial charge in [0.1, 0.15) is 0 Å². The molecule has 0 amide bonds. The van der Waals surface area contributed by atoms with Gasteiger partial charge in [-0.25, -0.2) is 5.43 Å². The highest BCUT2D eigenvalue weighted by molar-refractivity contribution is 6.07. The summed E-state index contributed by atoms with van der Waals surface area (Å²) < 4.78 is 0. The standard InChI is InChI=1S/C10H20N8/c1-10(2)4-6(15-17-8(11)12)3-7(5-10)16-18-9(13)14/h3-5H2,1-2H3,(H4,11,12,17)(H4,13,14,18)/b15-6-,16-7+. The van der Waals surface area contributed by atoms with Crippen molar-refractivity contribution in [3.63, 3.8) is 0 Å². The van der Waals surface area contributed by atoms with Gasteiger partial charge >= 0.3 is 0 Å². The quantitative estimate of drug-likeness (QED) is 0.259. The molecular formula is C10H20N8. The van der Waals surface area contributed by atoms with E-state index in [1.54, 1.807) is 0 Å². The van der Waals surface area contributed by atoms with Crippen LogP contribution in [-0.4, -0.2) is 23.3 Å². The van der Waals surface area contributed by atoms with Gasteiger partial charge in [0.15, 0.2) is 0 Å². The summed E-state index contributed by atoms with van der Waals surface area (Å²) in [4.78, 5) is 0. The van der Waals surface area contributed by atoms with Crippen LogP contribution in [0.1, 0.15) is 33.1 Å². The molecule has 18 heavy (non-hydrogen) atoms. The van der Waals surface area contributed by atoms with E-state index in [0.29, 0.717) is 6.42 Å². The number of nitrogens with zero attached hydrogens (tertiary/aromatic N) is 3. The summed E-state index contributed by atoms with van der Waals surface area (Å²) in [7, 11) is 0. The van der Waals surface area contributed by atoms with E-state index in [2.05, 4.69) is 34.6 Å². The molecule has 8 nitrogen and oxygen atoms in total. The van der Waals surface area contributed by atoms with Crippen molar-refractivity contribution in [1.29, 1.82) is 5.41 Å². The highest BCUT2D eigenvalue weighted by atomic mass is 15.3. The first kappa shape index (κ1) is 13.9. The average Bonchev–Trinajstić information content (AvgIpc) is 2.21. The molecule has 0 bridgehead atoms. The Morgan fingerprint density at radius 2 is 1.83 bits per heavy atom. The normalized spacial score (nSPS) is 22.8. The molecule has 100 valence electrons. The first-order valence-electron chi connectivity index (χ1n) is 5.58. The van der Waals surface area contributed by atoms with Crippen LogP contribution < -0.4 is 22.6 Å². The van der Waals surface area contributed by atoms with Crippen LogP contribution in [-0.2, 0) is 0 Å². The number of hydrogen-bond donors (Lipinski definition) is 5. The summed E-state index contributed by atoms with van der Waals surface area (Å²) in [5.74, 6) is -0.250. The van der Waals surface area contributed by atoms with E-state index >= 15 is 0 Å². The second-order valence-corrected chi connectivity index (χ2v) is 5.09. The van der Waals surface area contributed by atoms with Gasteiger partial charge in [0, 0.05) is 17.8 Å². The molecule has 1 aliphatic carbocycles. The van der Waals surface area contributed by atoms with Crippen LogP contribution in [0.2, 0.25) is 0 Å². The Hall–Kier alpha value is -2.12. The second kappa shape index (κ2) is 5.48. The maximum absolute atomic E-state index is 7.07. The molecule has 8 N–H and O–H groups in total. The van der Waals surface area contributed by atoms with Crippen molar-refractivity contribution >= 4 is 23.3 Å². The molecule has 0 aromatic rings. The van der Waals surface area contributed by atoms with E-state index in [-0.39, 0.29) is 17.3 Å². The van der Waals surface area contributed by atoms with Crippen LogP contribution in [0, 0.1) is 10.8 Å². The lowest BCUT2D eigenvalue weighted by Crippen LogP contribution is -2.33. The third-order valence-electron chi connectivity index (χ3n) is 2.41. The van der Waals surface area contributed by atoms with Crippen molar-refractivity contribution in [3.8, 4) is 0 Å². The largest absolute Gasteiger partial charge is 0.369 e. The molecular weight excluding hydrogens is 232 g/mol. The van der Waals surface area contributed by atoms with Gasteiger partial charge in [0.2, 0.25) is 11.9 Å². The molecule has 1 aliphatic rings. The van der Waals surface area contributed by atoms with E-state index in [1.807, 2.05) is 0 Å². The van der Waals surface area contributed by atoms with Gasteiger partial charge in [-0.15, -0.1) is 5.10 Å². The lowest BCUT2D eigenvalue weighted by atomic mass is 9.75. The van der Waals surface area contributed by atoms with Gasteiger partial charge in [-0.3, -0.25) is 5.41 Å². The van der Waals surface area contributed by atoms with Crippen molar-refractivity contribution in [3.05, 3.63) is 0 Å². The van der Waals surface area contributed by atoms with Crippen molar-refractivity contribution in [1.82, 2.24) is 5.43 Å². The Balaban J connectivity index is 2.85. The number of hydrazone groups is 1. The first-order valence-corrected chi connectivity index (χ1v) is 5.58. The summed E-state index contributed by atoms with van der Waals surface area (Å²) >= 11 is 0. The van der Waals surface area contributed by atoms with Crippen LogP contribution >= 0.6 is 0 Å². The highest BCUT2D eigenvalue weighted by Gasteiger charge is 2.29. The minimum Gasteiger partial charge on any atom is -0.369 e. The van der Waals surface area contributed by atoms with E-state index in [1.165, 1.54) is 0 Å². The molecule has 0 aromatic heterocycles. The Labute approximate surface area is 106 Å². The third kappa shape index (κ3) is 4.81. The average molecular weight is 252 g/mol. The molecule has 0 unspecified atom stereocenters. The number of nitrogens with one attached hydrogen (secondary N) is 2. The number of guanidine groups is 2. The fourth-order valence-corrected chi connectivity index (χ4v) is 1.95. The zero-order valence-corrected chi connectivity index (χ0v) is 10.7. The van der Waals surface area contributed by atoms with Crippen molar-refractivity contribution in [2.24, 2.45) is 37.9 Å². The van der Waals surface area contributed by atoms with Crippen LogP contribution in [0.4, 0.5) is 0 Å². The van der Waals surface area contributed by atoms with E-state index in [0.717, 1.165) is 24.3 Å². The molecule has 0 radical (unpaired) electrons. The van der Waals surface area contributed by atoms with Gasteiger partial charge in [0.05, 0.1) is 0 Å². The lowest BCUT2D eigenvalue weighted by Gasteiger charge is -2.30. The summed E-state index contributed by atoms with van der Waals surface area (Å²) in [6, 6.07) is 0. The molecule has 0 spiro atoms. The molecule has 1 saturated carbocycles. The van der Waals surface area contributed by atoms with Gasteiger partial charge in [-0.1, -0.05) is 13.8 Å². The van der Waals surface area contributed by atoms with Crippen molar-refractivity contribution in [2.75, 3.05) is 0 Å². The molecule has 0 atom stereocenters. The van der Waals surface area contributed by atoms with E-state index in [9.17, 15) is 0 Å². The molecule has 0 aromatic carbocycles. The van der Waals surface area contributed by atoms with Crippen LogP contribution in [0.5, 0.6) is 0 Å². The van der Waals surface area contributed by atoms with Gasteiger partial charge in [-0.2, -0.15) is 10.2 Å².